The van der Waals surface area contributed by atoms with Crippen LogP contribution in [0.5, 0.6) is 0 Å². The third-order valence-electron chi connectivity index (χ3n) is 3.55. The largest absolute Gasteiger partial charge is 0.352 e. The van der Waals surface area contributed by atoms with Gasteiger partial charge in [-0.25, -0.2) is 4.98 Å². The summed E-state index contributed by atoms with van der Waals surface area (Å²) in [4.78, 5) is 29.1. The summed E-state index contributed by atoms with van der Waals surface area (Å²) < 4.78 is 1.57. The van der Waals surface area contributed by atoms with E-state index < -0.39 is 0 Å². The summed E-state index contributed by atoms with van der Waals surface area (Å²) in [6.45, 7) is 2.20. The van der Waals surface area contributed by atoms with Crippen molar-refractivity contribution in [2.45, 2.75) is 13.3 Å². The molecule has 0 saturated heterocycles. The van der Waals surface area contributed by atoms with Crippen LogP contribution >= 0.6 is 11.3 Å². The number of rotatable bonds is 4. The van der Waals surface area contributed by atoms with E-state index in [2.05, 4.69) is 10.3 Å². The Morgan fingerprint density at radius 1 is 1.38 bits per heavy atom. The van der Waals surface area contributed by atoms with Crippen LogP contribution in [0.15, 0.2) is 40.5 Å². The number of nitrogens with one attached hydrogen (secondary N) is 1. The quantitative estimate of drug-likeness (QED) is 0.787. The first-order valence-electron chi connectivity index (χ1n) is 7.33. The molecule has 0 aliphatic heterocycles. The van der Waals surface area contributed by atoms with Crippen LogP contribution < -0.4 is 10.9 Å². The predicted octanol–water partition coefficient (Wildman–Crippen LogP) is 1.91. The minimum absolute atomic E-state index is 0.104. The number of carbonyl (C=O) groups excluding carboxylic acids is 1. The molecule has 0 aliphatic rings. The van der Waals surface area contributed by atoms with Gasteiger partial charge in [-0.2, -0.15) is 5.26 Å². The van der Waals surface area contributed by atoms with Crippen LogP contribution in [0.4, 0.5) is 0 Å². The van der Waals surface area contributed by atoms with Gasteiger partial charge in [0.1, 0.15) is 0 Å². The number of benzene rings is 1. The van der Waals surface area contributed by atoms with E-state index >= 15 is 0 Å². The molecule has 0 bridgehead atoms. The Morgan fingerprint density at radius 3 is 2.83 bits per heavy atom. The molecule has 2 aromatic heterocycles. The number of hydrogen-bond donors (Lipinski definition) is 1. The molecule has 0 saturated carbocycles. The molecule has 24 heavy (non-hydrogen) atoms. The maximum absolute atomic E-state index is 12.1. The minimum atomic E-state index is -0.208. The molecule has 0 spiro atoms. The van der Waals surface area contributed by atoms with E-state index in [0.717, 1.165) is 5.69 Å². The van der Waals surface area contributed by atoms with Crippen LogP contribution in [-0.2, 0) is 6.42 Å². The zero-order valence-corrected chi connectivity index (χ0v) is 13.8. The van der Waals surface area contributed by atoms with Crippen molar-refractivity contribution in [2.75, 3.05) is 6.54 Å². The van der Waals surface area contributed by atoms with Crippen molar-refractivity contribution in [1.82, 2.24) is 14.7 Å². The van der Waals surface area contributed by atoms with E-state index in [1.165, 1.54) is 17.4 Å². The summed E-state index contributed by atoms with van der Waals surface area (Å²) in [5, 5.41) is 13.5. The molecule has 0 fully saturated rings. The summed E-state index contributed by atoms with van der Waals surface area (Å²) in [5.74, 6) is -0.208. The van der Waals surface area contributed by atoms with Crippen molar-refractivity contribution in [3.05, 3.63) is 68.6 Å². The zero-order valence-electron chi connectivity index (χ0n) is 12.9. The number of nitriles is 1. The Bertz CT molecular complexity index is 996. The van der Waals surface area contributed by atoms with Gasteiger partial charge >= 0.3 is 0 Å². The van der Waals surface area contributed by atoms with Crippen LogP contribution in [0.25, 0.3) is 4.96 Å². The molecule has 3 rings (SSSR count). The van der Waals surface area contributed by atoms with E-state index in [-0.39, 0.29) is 11.5 Å². The molecular weight excluding hydrogens is 324 g/mol. The van der Waals surface area contributed by atoms with Gasteiger partial charge in [-0.05, 0) is 31.2 Å². The fourth-order valence-electron chi connectivity index (χ4n) is 2.36. The smallest absolute Gasteiger partial charge is 0.258 e. The predicted molar refractivity (Wildman–Crippen MR) is 91.3 cm³/mol. The highest BCUT2D eigenvalue weighted by Crippen LogP contribution is 2.13. The molecule has 1 N–H and O–H groups in total. The van der Waals surface area contributed by atoms with Gasteiger partial charge in [-0.1, -0.05) is 0 Å². The molecule has 1 amide bonds. The Labute approximate surface area is 142 Å². The van der Waals surface area contributed by atoms with Gasteiger partial charge in [0.25, 0.3) is 11.5 Å². The van der Waals surface area contributed by atoms with Crippen LogP contribution in [-0.4, -0.2) is 21.8 Å². The molecule has 1 aromatic carbocycles. The maximum Gasteiger partial charge on any atom is 0.258 e. The lowest BCUT2D eigenvalue weighted by molar-refractivity contribution is 0.0954. The van der Waals surface area contributed by atoms with E-state index in [1.54, 1.807) is 35.6 Å². The van der Waals surface area contributed by atoms with Crippen molar-refractivity contribution in [1.29, 1.82) is 5.26 Å². The zero-order chi connectivity index (χ0) is 17.1. The Hall–Kier alpha value is -2.98. The standard InChI is InChI=1S/C17H14N4O2S/c1-11-8-15(22)21-14(10-24-17(21)20-11)6-7-19-16(23)13-4-2-12(9-18)3-5-13/h2-5,8,10H,6-7H2,1H3,(H,19,23). The highest BCUT2D eigenvalue weighted by Gasteiger charge is 2.09. The summed E-state index contributed by atoms with van der Waals surface area (Å²) in [5.41, 5.74) is 2.43. The van der Waals surface area contributed by atoms with Gasteiger partial charge in [0.2, 0.25) is 0 Å². The highest BCUT2D eigenvalue weighted by atomic mass is 32.1. The summed E-state index contributed by atoms with van der Waals surface area (Å²) in [6, 6.07) is 9.96. The van der Waals surface area contributed by atoms with Gasteiger partial charge in [0, 0.05) is 41.4 Å². The highest BCUT2D eigenvalue weighted by molar-refractivity contribution is 7.15. The Morgan fingerprint density at radius 2 is 2.12 bits per heavy atom. The van der Waals surface area contributed by atoms with Crippen molar-refractivity contribution in [3.8, 4) is 6.07 Å². The van der Waals surface area contributed by atoms with Crippen LogP contribution in [0.1, 0.15) is 27.3 Å². The number of hydrogen-bond acceptors (Lipinski definition) is 5. The topological polar surface area (TPSA) is 87.3 Å². The molecule has 0 aliphatic carbocycles. The fourth-order valence-corrected chi connectivity index (χ4v) is 3.33. The first-order chi connectivity index (χ1) is 11.6. The number of thiazole rings is 1. The normalized spacial score (nSPS) is 10.5. The van der Waals surface area contributed by atoms with Gasteiger partial charge in [0.15, 0.2) is 4.96 Å². The number of fused-ring (bicyclic) bond motifs is 1. The van der Waals surface area contributed by atoms with Crippen molar-refractivity contribution in [2.24, 2.45) is 0 Å². The van der Waals surface area contributed by atoms with E-state index in [9.17, 15) is 9.59 Å². The third kappa shape index (κ3) is 3.19. The maximum atomic E-state index is 12.1. The second kappa shape index (κ2) is 6.64. The van der Waals surface area contributed by atoms with E-state index in [1.807, 2.05) is 11.4 Å². The number of carbonyl (C=O) groups is 1. The first-order valence-corrected chi connectivity index (χ1v) is 8.21. The van der Waals surface area contributed by atoms with Gasteiger partial charge in [-0.15, -0.1) is 11.3 Å². The molecule has 0 atom stereocenters. The third-order valence-corrected chi connectivity index (χ3v) is 4.42. The summed E-state index contributed by atoms with van der Waals surface area (Å²) >= 11 is 1.41. The van der Waals surface area contributed by atoms with Crippen molar-refractivity contribution in [3.63, 3.8) is 0 Å². The second-order valence-corrected chi connectivity index (χ2v) is 6.11. The summed E-state index contributed by atoms with van der Waals surface area (Å²) in [7, 11) is 0. The number of aryl methyl sites for hydroxylation is 1. The monoisotopic (exact) mass is 338 g/mol. The number of amides is 1. The molecule has 0 unspecified atom stereocenters. The van der Waals surface area contributed by atoms with Crippen LogP contribution in [0.2, 0.25) is 0 Å². The average molecular weight is 338 g/mol. The molecule has 7 heteroatoms. The lowest BCUT2D eigenvalue weighted by atomic mass is 10.1. The van der Waals surface area contributed by atoms with Crippen molar-refractivity contribution < 1.29 is 4.79 Å². The van der Waals surface area contributed by atoms with Crippen LogP contribution in [0.3, 0.4) is 0 Å². The molecule has 3 aromatic rings. The Kier molecular flexibility index (Phi) is 4.40. The fraction of sp³-hybridized carbons (Fsp3) is 0.176. The first kappa shape index (κ1) is 15.9. The minimum Gasteiger partial charge on any atom is -0.352 e. The molecule has 120 valence electrons. The van der Waals surface area contributed by atoms with Crippen molar-refractivity contribution >= 4 is 22.2 Å². The number of aromatic nitrogens is 2. The molecule has 6 nitrogen and oxygen atoms in total. The van der Waals surface area contributed by atoms with E-state index in [0.29, 0.717) is 34.7 Å². The molecule has 2 heterocycles. The lowest BCUT2D eigenvalue weighted by Crippen LogP contribution is -2.26. The molecular formula is C17H14N4O2S. The number of nitrogens with zero attached hydrogens (tertiary/aromatic N) is 3. The Balaban J connectivity index is 1.67. The van der Waals surface area contributed by atoms with Gasteiger partial charge in [0.05, 0.1) is 11.6 Å². The lowest BCUT2D eigenvalue weighted by Gasteiger charge is -2.05. The van der Waals surface area contributed by atoms with E-state index in [4.69, 9.17) is 5.26 Å². The van der Waals surface area contributed by atoms with Crippen LogP contribution in [0, 0.1) is 18.3 Å². The summed E-state index contributed by atoms with van der Waals surface area (Å²) in [6.07, 6.45) is 0.534. The van der Waals surface area contributed by atoms with Gasteiger partial charge in [-0.3, -0.25) is 14.0 Å². The second-order valence-electron chi connectivity index (χ2n) is 5.28. The molecule has 0 radical (unpaired) electrons. The van der Waals surface area contributed by atoms with Gasteiger partial charge < -0.3 is 5.32 Å². The SMILES string of the molecule is Cc1cc(=O)n2c(CCNC(=O)c3ccc(C#N)cc3)csc2n1. The average Bonchev–Trinajstić information content (AvgIpc) is 2.98.